The smallest absolute Gasteiger partial charge is 0.349 e. The van der Waals surface area contributed by atoms with E-state index < -0.39 is 11.9 Å². The van der Waals surface area contributed by atoms with Gasteiger partial charge in [-0.05, 0) is 24.4 Å². The molecule has 2 heterocycles. The molecule has 2 aromatic rings. The highest BCUT2D eigenvalue weighted by atomic mass is 32.1. The molecular formula is C11H10F3N3S. The molecule has 2 rings (SSSR count). The average molecular weight is 273 g/mol. The van der Waals surface area contributed by atoms with Crippen LogP contribution in [0, 0.1) is 6.92 Å². The van der Waals surface area contributed by atoms with Crippen molar-refractivity contribution in [2.75, 3.05) is 5.32 Å². The third kappa shape index (κ3) is 3.19. The molecule has 0 fully saturated rings. The molecule has 0 saturated carbocycles. The van der Waals surface area contributed by atoms with E-state index >= 15 is 0 Å². The second-order valence-corrected chi connectivity index (χ2v) is 4.68. The number of nitrogens with zero attached hydrogens (tertiary/aromatic N) is 2. The predicted octanol–water partition coefficient (Wildman–Crippen LogP) is 3.48. The first kappa shape index (κ1) is 12.8. The van der Waals surface area contributed by atoms with Gasteiger partial charge in [0.25, 0.3) is 0 Å². The SMILES string of the molecule is Cc1cc(C(F)(F)F)nc(NCc2cccs2)n1. The zero-order valence-corrected chi connectivity index (χ0v) is 10.3. The first-order chi connectivity index (χ1) is 8.45. The van der Waals surface area contributed by atoms with Crippen LogP contribution in [-0.4, -0.2) is 9.97 Å². The van der Waals surface area contributed by atoms with Gasteiger partial charge in [-0.2, -0.15) is 13.2 Å². The lowest BCUT2D eigenvalue weighted by Crippen LogP contribution is -2.12. The van der Waals surface area contributed by atoms with Gasteiger partial charge < -0.3 is 5.32 Å². The first-order valence-electron chi connectivity index (χ1n) is 5.14. The summed E-state index contributed by atoms with van der Waals surface area (Å²) in [6, 6.07) is 4.69. The number of rotatable bonds is 3. The van der Waals surface area contributed by atoms with Crippen molar-refractivity contribution in [3.05, 3.63) is 39.8 Å². The van der Waals surface area contributed by atoms with Crippen molar-refractivity contribution in [1.82, 2.24) is 9.97 Å². The Labute approximate surface area is 106 Å². The molecule has 0 aromatic carbocycles. The van der Waals surface area contributed by atoms with Crippen molar-refractivity contribution >= 4 is 17.3 Å². The average Bonchev–Trinajstić information content (AvgIpc) is 2.77. The van der Waals surface area contributed by atoms with Crippen LogP contribution in [0.3, 0.4) is 0 Å². The van der Waals surface area contributed by atoms with Gasteiger partial charge in [0, 0.05) is 10.6 Å². The van der Waals surface area contributed by atoms with Crippen LogP contribution >= 0.6 is 11.3 Å². The monoisotopic (exact) mass is 273 g/mol. The molecule has 7 heteroatoms. The maximum Gasteiger partial charge on any atom is 0.433 e. The highest BCUT2D eigenvalue weighted by molar-refractivity contribution is 7.09. The Balaban J connectivity index is 2.15. The third-order valence-corrected chi connectivity index (χ3v) is 3.02. The topological polar surface area (TPSA) is 37.8 Å². The van der Waals surface area contributed by atoms with Crippen molar-refractivity contribution in [3.8, 4) is 0 Å². The Bertz CT molecular complexity index is 523. The summed E-state index contributed by atoms with van der Waals surface area (Å²) >= 11 is 1.52. The number of thiophene rings is 1. The summed E-state index contributed by atoms with van der Waals surface area (Å²) < 4.78 is 37.6. The molecule has 0 aliphatic rings. The molecule has 1 N–H and O–H groups in total. The van der Waals surface area contributed by atoms with Crippen molar-refractivity contribution in [2.45, 2.75) is 19.6 Å². The highest BCUT2D eigenvalue weighted by Gasteiger charge is 2.33. The summed E-state index contributed by atoms with van der Waals surface area (Å²) in [4.78, 5) is 8.40. The highest BCUT2D eigenvalue weighted by Crippen LogP contribution is 2.28. The van der Waals surface area contributed by atoms with E-state index in [1.165, 1.54) is 18.3 Å². The lowest BCUT2D eigenvalue weighted by Gasteiger charge is -2.09. The molecule has 0 aliphatic carbocycles. The Morgan fingerprint density at radius 1 is 1.33 bits per heavy atom. The zero-order valence-electron chi connectivity index (χ0n) is 9.45. The molecule has 0 atom stereocenters. The third-order valence-electron chi connectivity index (χ3n) is 2.15. The number of aryl methyl sites for hydroxylation is 1. The standard InChI is InChI=1S/C11H10F3N3S/c1-7-5-9(11(12,13)14)17-10(16-7)15-6-8-3-2-4-18-8/h2-5H,6H2,1H3,(H,15,16,17). The van der Waals surface area contributed by atoms with Crippen molar-refractivity contribution < 1.29 is 13.2 Å². The van der Waals surface area contributed by atoms with Crippen molar-refractivity contribution in [1.29, 1.82) is 0 Å². The minimum atomic E-state index is -4.45. The fraction of sp³-hybridized carbons (Fsp3) is 0.273. The van der Waals surface area contributed by atoms with Crippen LogP contribution in [-0.2, 0) is 12.7 Å². The number of anilines is 1. The van der Waals surface area contributed by atoms with Crippen molar-refractivity contribution in [3.63, 3.8) is 0 Å². The van der Waals surface area contributed by atoms with Gasteiger partial charge in [0.1, 0.15) is 5.69 Å². The summed E-state index contributed by atoms with van der Waals surface area (Å²) in [5, 5.41) is 4.69. The maximum absolute atomic E-state index is 12.5. The summed E-state index contributed by atoms with van der Waals surface area (Å²) in [5.74, 6) is -0.00396. The van der Waals surface area contributed by atoms with Crippen LogP contribution in [0.2, 0.25) is 0 Å². The molecule has 0 spiro atoms. The largest absolute Gasteiger partial charge is 0.433 e. The summed E-state index contributed by atoms with van der Waals surface area (Å²) in [5.41, 5.74) is -0.644. The van der Waals surface area contributed by atoms with E-state index in [4.69, 9.17) is 0 Å². The number of halogens is 3. The Hall–Kier alpha value is -1.63. The predicted molar refractivity (Wildman–Crippen MR) is 63.4 cm³/mol. The van der Waals surface area contributed by atoms with Crippen LogP contribution in [0.25, 0.3) is 0 Å². The number of aromatic nitrogens is 2. The van der Waals surface area contributed by atoms with E-state index in [1.807, 2.05) is 17.5 Å². The van der Waals surface area contributed by atoms with Gasteiger partial charge in [0.15, 0.2) is 0 Å². The normalized spacial score (nSPS) is 11.6. The van der Waals surface area contributed by atoms with Gasteiger partial charge in [0.2, 0.25) is 5.95 Å². The second-order valence-electron chi connectivity index (χ2n) is 3.65. The number of alkyl halides is 3. The van der Waals surface area contributed by atoms with Gasteiger partial charge in [-0.1, -0.05) is 6.07 Å². The number of nitrogens with one attached hydrogen (secondary N) is 1. The van der Waals surface area contributed by atoms with E-state index in [-0.39, 0.29) is 11.6 Å². The van der Waals surface area contributed by atoms with Crippen LogP contribution < -0.4 is 5.32 Å². The molecule has 18 heavy (non-hydrogen) atoms. The number of hydrogen-bond acceptors (Lipinski definition) is 4. The number of hydrogen-bond donors (Lipinski definition) is 1. The van der Waals surface area contributed by atoms with Gasteiger partial charge >= 0.3 is 6.18 Å². The minimum Gasteiger partial charge on any atom is -0.349 e. The van der Waals surface area contributed by atoms with Crippen LogP contribution in [0.5, 0.6) is 0 Å². The molecule has 0 amide bonds. The van der Waals surface area contributed by atoms with Gasteiger partial charge in [0.05, 0.1) is 6.54 Å². The lowest BCUT2D eigenvalue weighted by molar-refractivity contribution is -0.141. The molecule has 3 nitrogen and oxygen atoms in total. The molecule has 0 aliphatic heterocycles. The Morgan fingerprint density at radius 2 is 2.11 bits per heavy atom. The summed E-state index contributed by atoms with van der Waals surface area (Å²) in [6.07, 6.45) is -4.45. The molecule has 2 aromatic heterocycles. The van der Waals surface area contributed by atoms with E-state index in [1.54, 1.807) is 0 Å². The summed E-state index contributed by atoms with van der Waals surface area (Å²) in [7, 11) is 0. The summed E-state index contributed by atoms with van der Waals surface area (Å²) in [6.45, 7) is 1.92. The molecule has 0 bridgehead atoms. The zero-order chi connectivity index (χ0) is 13.2. The van der Waals surface area contributed by atoms with Crippen LogP contribution in [0.4, 0.5) is 19.1 Å². The first-order valence-corrected chi connectivity index (χ1v) is 6.02. The van der Waals surface area contributed by atoms with Gasteiger partial charge in [-0.3, -0.25) is 0 Å². The van der Waals surface area contributed by atoms with E-state index in [9.17, 15) is 13.2 Å². The molecular weight excluding hydrogens is 263 g/mol. The van der Waals surface area contributed by atoms with Gasteiger partial charge in [-0.25, -0.2) is 9.97 Å². The molecule has 0 radical (unpaired) electrons. The Morgan fingerprint density at radius 3 is 2.72 bits per heavy atom. The van der Waals surface area contributed by atoms with Crippen LogP contribution in [0.1, 0.15) is 16.3 Å². The fourth-order valence-corrected chi connectivity index (χ4v) is 2.02. The van der Waals surface area contributed by atoms with E-state index in [2.05, 4.69) is 15.3 Å². The fourth-order valence-electron chi connectivity index (χ4n) is 1.37. The lowest BCUT2D eigenvalue weighted by atomic mass is 10.3. The minimum absolute atomic E-state index is 0.00396. The maximum atomic E-state index is 12.5. The molecule has 0 saturated heterocycles. The second kappa shape index (κ2) is 4.93. The van der Waals surface area contributed by atoms with Gasteiger partial charge in [-0.15, -0.1) is 11.3 Å². The van der Waals surface area contributed by atoms with Crippen LogP contribution in [0.15, 0.2) is 23.6 Å². The quantitative estimate of drug-likeness (QED) is 0.930. The van der Waals surface area contributed by atoms with E-state index in [0.29, 0.717) is 6.54 Å². The molecule has 0 unspecified atom stereocenters. The molecule has 96 valence electrons. The van der Waals surface area contributed by atoms with E-state index in [0.717, 1.165) is 10.9 Å². The Kier molecular flexibility index (Phi) is 3.51. The van der Waals surface area contributed by atoms with Crippen molar-refractivity contribution in [2.24, 2.45) is 0 Å².